The summed E-state index contributed by atoms with van der Waals surface area (Å²) in [4.78, 5) is 21.7. The van der Waals surface area contributed by atoms with Crippen LogP contribution in [0, 0.1) is 30.6 Å². The number of rotatable bonds is 9. The van der Waals surface area contributed by atoms with Crippen LogP contribution in [0.4, 0.5) is 5.13 Å². The highest BCUT2D eigenvalue weighted by molar-refractivity contribution is 7.15. The quantitative estimate of drug-likeness (QED) is 0.306. The van der Waals surface area contributed by atoms with E-state index in [0.29, 0.717) is 32.7 Å². The number of anilines is 1. The molecule has 0 aliphatic heterocycles. The van der Waals surface area contributed by atoms with Crippen molar-refractivity contribution in [3.8, 4) is 16.9 Å². The van der Waals surface area contributed by atoms with Gasteiger partial charge in [0.15, 0.2) is 0 Å². The van der Waals surface area contributed by atoms with Gasteiger partial charge < -0.3 is 4.74 Å². The highest BCUT2D eigenvalue weighted by Gasteiger charge is 2.34. The number of hydrogen-bond acceptors (Lipinski definition) is 7. The molecule has 0 spiro atoms. The van der Waals surface area contributed by atoms with Gasteiger partial charge in [-0.3, -0.25) is 15.1 Å². The lowest BCUT2D eigenvalue weighted by molar-refractivity contribution is 0.102. The molecule has 1 aliphatic rings. The molecule has 1 fully saturated rings. The van der Waals surface area contributed by atoms with Crippen molar-refractivity contribution >= 4 is 34.0 Å². The normalized spacial score (nSPS) is 19.6. The average Bonchev–Trinajstić information content (AvgIpc) is 3.49. The van der Waals surface area contributed by atoms with Gasteiger partial charge in [0.05, 0.1) is 18.9 Å². The lowest BCUT2D eigenvalue weighted by atomic mass is 9.90. The van der Waals surface area contributed by atoms with Crippen LogP contribution in [0.1, 0.15) is 67.5 Å². The number of aromatic nitrogens is 4. The molecule has 36 heavy (non-hydrogen) atoms. The zero-order valence-electron chi connectivity index (χ0n) is 21.5. The third-order valence-corrected chi connectivity index (χ3v) is 8.50. The van der Waals surface area contributed by atoms with Gasteiger partial charge in [-0.15, -0.1) is 10.2 Å². The van der Waals surface area contributed by atoms with Crippen LogP contribution in [0.2, 0.25) is 5.15 Å². The van der Waals surface area contributed by atoms with E-state index in [0.717, 1.165) is 47.2 Å². The van der Waals surface area contributed by atoms with Crippen molar-refractivity contribution in [1.82, 2.24) is 20.2 Å². The van der Waals surface area contributed by atoms with Crippen LogP contribution in [0.3, 0.4) is 0 Å². The van der Waals surface area contributed by atoms with Gasteiger partial charge in [0, 0.05) is 29.4 Å². The molecular weight excluding hydrogens is 494 g/mol. The van der Waals surface area contributed by atoms with Gasteiger partial charge in [-0.2, -0.15) is 0 Å². The highest BCUT2D eigenvalue weighted by Crippen LogP contribution is 2.44. The minimum absolute atomic E-state index is 0.309. The number of ether oxygens (including phenoxy) is 1. The number of carbonyl (C=O) groups is 1. The van der Waals surface area contributed by atoms with Gasteiger partial charge >= 0.3 is 0 Å². The Morgan fingerprint density at radius 1 is 1.17 bits per heavy atom. The first-order valence-corrected chi connectivity index (χ1v) is 13.8. The van der Waals surface area contributed by atoms with E-state index >= 15 is 0 Å². The number of amides is 1. The van der Waals surface area contributed by atoms with Gasteiger partial charge in [-0.1, -0.05) is 50.1 Å². The number of pyridine rings is 2. The zero-order chi connectivity index (χ0) is 25.8. The maximum absolute atomic E-state index is 13.3. The van der Waals surface area contributed by atoms with E-state index in [9.17, 15) is 4.79 Å². The van der Waals surface area contributed by atoms with E-state index in [-0.39, 0.29) is 5.91 Å². The standard InChI is InChI=1S/C27H34ClN5O2S/c1-6-17-10-19(15(2)3)11-18(17)7-8-25-32-33-27(36-25)31-26(34)22-13-29-16(4)9-20(22)21-12-24(28)30-14-23(21)35-5/h9,12-15,17-19H,6-8,10-11H2,1-5H3,(H,31,33,34). The molecule has 1 amide bonds. The molecule has 0 radical (unpaired) electrons. The summed E-state index contributed by atoms with van der Waals surface area (Å²) in [6.07, 6.45) is 9.02. The van der Waals surface area contributed by atoms with Crippen LogP contribution in [0.15, 0.2) is 24.5 Å². The van der Waals surface area contributed by atoms with Gasteiger partial charge in [0.25, 0.3) is 5.91 Å². The topological polar surface area (TPSA) is 89.9 Å². The summed E-state index contributed by atoms with van der Waals surface area (Å²) >= 11 is 7.59. The van der Waals surface area contributed by atoms with Crippen molar-refractivity contribution in [1.29, 1.82) is 0 Å². The molecule has 7 nitrogen and oxygen atoms in total. The number of carbonyl (C=O) groups excluding carboxylic acids is 1. The second kappa shape index (κ2) is 11.6. The first-order chi connectivity index (χ1) is 17.3. The highest BCUT2D eigenvalue weighted by atomic mass is 35.5. The number of hydrogen-bond donors (Lipinski definition) is 1. The maximum Gasteiger partial charge on any atom is 0.259 e. The van der Waals surface area contributed by atoms with E-state index in [1.54, 1.807) is 25.6 Å². The minimum Gasteiger partial charge on any atom is -0.494 e. The first-order valence-electron chi connectivity index (χ1n) is 12.6. The molecule has 1 saturated carbocycles. The molecule has 4 rings (SSSR count). The van der Waals surface area contributed by atoms with Crippen molar-refractivity contribution in [3.05, 3.63) is 45.9 Å². The predicted octanol–water partition coefficient (Wildman–Crippen LogP) is 6.86. The van der Waals surface area contributed by atoms with Gasteiger partial charge in [0.1, 0.15) is 15.9 Å². The van der Waals surface area contributed by atoms with Crippen LogP contribution in [-0.2, 0) is 6.42 Å². The molecule has 1 N–H and O–H groups in total. The fourth-order valence-corrected chi connectivity index (χ4v) is 6.20. The van der Waals surface area contributed by atoms with E-state index in [2.05, 4.69) is 46.3 Å². The Hall–Kier alpha value is -2.58. The molecule has 3 heterocycles. The minimum atomic E-state index is -0.309. The molecule has 3 aromatic rings. The molecule has 0 saturated heterocycles. The molecule has 3 atom stereocenters. The van der Waals surface area contributed by atoms with Crippen molar-refractivity contribution in [2.45, 2.75) is 59.8 Å². The van der Waals surface area contributed by atoms with Crippen LogP contribution < -0.4 is 10.1 Å². The van der Waals surface area contributed by atoms with Crippen molar-refractivity contribution in [2.75, 3.05) is 12.4 Å². The van der Waals surface area contributed by atoms with Crippen LogP contribution >= 0.6 is 22.9 Å². The Kier molecular flexibility index (Phi) is 8.57. The maximum atomic E-state index is 13.3. The third-order valence-electron chi connectivity index (χ3n) is 7.39. The number of aryl methyl sites for hydroxylation is 2. The van der Waals surface area contributed by atoms with Crippen molar-refractivity contribution < 1.29 is 9.53 Å². The Labute approximate surface area is 222 Å². The van der Waals surface area contributed by atoms with Gasteiger partial charge in [-0.05, 0) is 62.0 Å². The average molecular weight is 528 g/mol. The summed E-state index contributed by atoms with van der Waals surface area (Å²) < 4.78 is 5.46. The lowest BCUT2D eigenvalue weighted by Gasteiger charge is -2.16. The Morgan fingerprint density at radius 2 is 1.94 bits per heavy atom. The van der Waals surface area contributed by atoms with Crippen molar-refractivity contribution in [2.24, 2.45) is 23.7 Å². The number of halogens is 1. The molecule has 1 aliphatic carbocycles. The lowest BCUT2D eigenvalue weighted by Crippen LogP contribution is -2.14. The first kappa shape index (κ1) is 26.5. The monoisotopic (exact) mass is 527 g/mol. The van der Waals surface area contributed by atoms with Crippen LogP contribution in [0.25, 0.3) is 11.1 Å². The second-order valence-electron chi connectivity index (χ2n) is 9.98. The van der Waals surface area contributed by atoms with Crippen molar-refractivity contribution in [3.63, 3.8) is 0 Å². The van der Waals surface area contributed by atoms with Crippen LogP contribution in [-0.4, -0.2) is 33.2 Å². The summed E-state index contributed by atoms with van der Waals surface area (Å²) in [5.41, 5.74) is 2.51. The molecule has 3 aromatic heterocycles. The Morgan fingerprint density at radius 3 is 2.67 bits per heavy atom. The zero-order valence-corrected chi connectivity index (χ0v) is 23.1. The van der Waals surface area contributed by atoms with E-state index < -0.39 is 0 Å². The fourth-order valence-electron chi connectivity index (χ4n) is 5.29. The van der Waals surface area contributed by atoms with E-state index in [1.165, 1.54) is 30.6 Å². The predicted molar refractivity (Wildman–Crippen MR) is 145 cm³/mol. The van der Waals surface area contributed by atoms with Gasteiger partial charge in [-0.25, -0.2) is 4.98 Å². The number of nitrogens with one attached hydrogen (secondary N) is 1. The molecular formula is C27H34ClN5O2S. The number of nitrogens with zero attached hydrogens (tertiary/aromatic N) is 4. The number of methoxy groups -OCH3 is 1. The van der Waals surface area contributed by atoms with E-state index in [4.69, 9.17) is 16.3 Å². The second-order valence-corrected chi connectivity index (χ2v) is 11.4. The third kappa shape index (κ3) is 6.03. The van der Waals surface area contributed by atoms with E-state index in [1.807, 2.05) is 13.0 Å². The Bertz CT molecular complexity index is 1210. The summed E-state index contributed by atoms with van der Waals surface area (Å²) in [7, 11) is 1.56. The fraction of sp³-hybridized carbons (Fsp3) is 0.519. The van der Waals surface area contributed by atoms with Gasteiger partial charge in [0.2, 0.25) is 5.13 Å². The molecule has 9 heteroatoms. The molecule has 0 bridgehead atoms. The molecule has 192 valence electrons. The summed E-state index contributed by atoms with van der Waals surface area (Å²) in [5.74, 6) is 3.33. The summed E-state index contributed by atoms with van der Waals surface area (Å²) in [5, 5.41) is 13.3. The Balaban J connectivity index is 1.47. The SMILES string of the molecule is CCC1CC(C(C)C)CC1CCc1nnc(NC(=O)c2cnc(C)cc2-c2cc(Cl)ncc2OC)s1. The summed E-state index contributed by atoms with van der Waals surface area (Å²) in [6.45, 7) is 8.86. The molecule has 0 aromatic carbocycles. The van der Waals surface area contributed by atoms with Crippen LogP contribution in [0.5, 0.6) is 5.75 Å². The smallest absolute Gasteiger partial charge is 0.259 e. The largest absolute Gasteiger partial charge is 0.494 e. The molecule has 3 unspecified atom stereocenters. The summed E-state index contributed by atoms with van der Waals surface area (Å²) in [6, 6.07) is 3.52.